The summed E-state index contributed by atoms with van der Waals surface area (Å²) in [4.78, 5) is 8.43. The molecule has 6 heteroatoms. The second-order valence-electron chi connectivity index (χ2n) is 4.61. The minimum atomic E-state index is 0.219. The van der Waals surface area contributed by atoms with Gasteiger partial charge in [-0.1, -0.05) is 0 Å². The highest BCUT2D eigenvalue weighted by atomic mass is 15.3. The van der Waals surface area contributed by atoms with E-state index in [0.29, 0.717) is 5.92 Å². The molecule has 0 aromatic carbocycles. The first-order chi connectivity index (χ1) is 8.25. The fraction of sp³-hybridized carbons (Fsp3) is 0.545. The van der Waals surface area contributed by atoms with E-state index < -0.39 is 0 Å². The third-order valence-electron chi connectivity index (χ3n) is 3.26. The summed E-state index contributed by atoms with van der Waals surface area (Å²) in [6.45, 7) is 0.756. The van der Waals surface area contributed by atoms with Gasteiger partial charge in [-0.3, -0.25) is 4.68 Å². The highest BCUT2D eigenvalue weighted by molar-refractivity contribution is 5.85. The molecule has 3 N–H and O–H groups in total. The molecular weight excluding hydrogens is 216 g/mol. The number of rotatable bonds is 4. The zero-order chi connectivity index (χ0) is 11.8. The van der Waals surface area contributed by atoms with Crippen molar-refractivity contribution in [2.24, 2.45) is 18.7 Å². The van der Waals surface area contributed by atoms with E-state index in [1.807, 2.05) is 7.05 Å². The van der Waals surface area contributed by atoms with Crippen LogP contribution in [0.4, 0.5) is 5.82 Å². The summed E-state index contributed by atoms with van der Waals surface area (Å²) in [7, 11) is 1.87. The molecule has 1 aliphatic rings. The van der Waals surface area contributed by atoms with E-state index in [-0.39, 0.29) is 6.04 Å². The highest BCUT2D eigenvalue weighted by Gasteiger charge is 2.28. The van der Waals surface area contributed by atoms with E-state index in [4.69, 9.17) is 5.73 Å². The number of nitrogens with zero attached hydrogens (tertiary/aromatic N) is 4. The van der Waals surface area contributed by atoms with Gasteiger partial charge >= 0.3 is 0 Å². The molecule has 1 saturated carbocycles. The van der Waals surface area contributed by atoms with E-state index in [1.54, 1.807) is 17.2 Å². The lowest BCUT2D eigenvalue weighted by atomic mass is 10.2. The summed E-state index contributed by atoms with van der Waals surface area (Å²) >= 11 is 0. The van der Waals surface area contributed by atoms with Crippen LogP contribution >= 0.6 is 0 Å². The van der Waals surface area contributed by atoms with Crippen LogP contribution in [0.3, 0.4) is 0 Å². The Morgan fingerprint density at radius 1 is 1.53 bits per heavy atom. The summed E-state index contributed by atoms with van der Waals surface area (Å²) < 4.78 is 1.74. The molecule has 1 fully saturated rings. The van der Waals surface area contributed by atoms with Crippen LogP contribution in [0, 0.1) is 5.92 Å². The Bertz CT molecular complexity index is 530. The van der Waals surface area contributed by atoms with Crippen LogP contribution in [0.1, 0.15) is 12.8 Å². The van der Waals surface area contributed by atoms with Crippen molar-refractivity contribution in [2.75, 3.05) is 11.9 Å². The van der Waals surface area contributed by atoms with Crippen LogP contribution in [0.2, 0.25) is 0 Å². The van der Waals surface area contributed by atoms with Gasteiger partial charge in [0.25, 0.3) is 0 Å². The molecule has 0 radical (unpaired) electrons. The summed E-state index contributed by atoms with van der Waals surface area (Å²) in [5.74, 6) is 1.51. The van der Waals surface area contributed by atoms with Crippen molar-refractivity contribution in [1.82, 2.24) is 19.7 Å². The number of nitrogens with two attached hydrogens (primary N) is 1. The van der Waals surface area contributed by atoms with Crippen molar-refractivity contribution < 1.29 is 0 Å². The van der Waals surface area contributed by atoms with Crippen LogP contribution in [0.5, 0.6) is 0 Å². The Kier molecular flexibility index (Phi) is 2.44. The van der Waals surface area contributed by atoms with Crippen molar-refractivity contribution >= 4 is 16.9 Å². The Hall–Kier alpha value is -1.69. The lowest BCUT2D eigenvalue weighted by Gasteiger charge is -2.12. The number of anilines is 1. The van der Waals surface area contributed by atoms with Gasteiger partial charge in [0.15, 0.2) is 5.65 Å². The predicted molar refractivity (Wildman–Crippen MR) is 65.5 cm³/mol. The summed E-state index contributed by atoms with van der Waals surface area (Å²) in [6.07, 6.45) is 5.85. The molecular formula is C11H16N6. The van der Waals surface area contributed by atoms with Crippen LogP contribution in [0.25, 0.3) is 11.0 Å². The van der Waals surface area contributed by atoms with Crippen LogP contribution in [-0.2, 0) is 7.05 Å². The van der Waals surface area contributed by atoms with E-state index in [0.717, 1.165) is 23.4 Å². The van der Waals surface area contributed by atoms with Gasteiger partial charge in [0, 0.05) is 19.6 Å². The number of aryl methyl sites for hydroxylation is 1. The third-order valence-corrected chi connectivity index (χ3v) is 3.26. The summed E-state index contributed by atoms with van der Waals surface area (Å²) in [5, 5.41) is 8.41. The number of hydrogen-bond donors (Lipinski definition) is 2. The minimum absolute atomic E-state index is 0.219. The smallest absolute Gasteiger partial charge is 0.163 e. The average molecular weight is 232 g/mol. The number of aromatic nitrogens is 4. The van der Waals surface area contributed by atoms with Crippen LogP contribution in [0.15, 0.2) is 12.5 Å². The molecule has 17 heavy (non-hydrogen) atoms. The van der Waals surface area contributed by atoms with Crippen LogP contribution in [-0.4, -0.2) is 32.3 Å². The molecule has 1 aliphatic carbocycles. The van der Waals surface area contributed by atoms with Crippen LogP contribution < -0.4 is 11.1 Å². The average Bonchev–Trinajstić information content (AvgIpc) is 3.12. The molecule has 3 rings (SSSR count). The number of hydrogen-bond acceptors (Lipinski definition) is 5. The molecule has 6 nitrogen and oxygen atoms in total. The van der Waals surface area contributed by atoms with Gasteiger partial charge in [0.2, 0.25) is 0 Å². The zero-order valence-electron chi connectivity index (χ0n) is 9.80. The van der Waals surface area contributed by atoms with Crippen molar-refractivity contribution in [3.63, 3.8) is 0 Å². The maximum absolute atomic E-state index is 6.05. The monoisotopic (exact) mass is 232 g/mol. The maximum Gasteiger partial charge on any atom is 0.163 e. The highest BCUT2D eigenvalue weighted by Crippen LogP contribution is 2.31. The fourth-order valence-corrected chi connectivity index (χ4v) is 2.01. The maximum atomic E-state index is 6.05. The molecule has 2 heterocycles. The van der Waals surface area contributed by atoms with Gasteiger partial charge < -0.3 is 11.1 Å². The van der Waals surface area contributed by atoms with Crippen molar-refractivity contribution in [3.8, 4) is 0 Å². The molecule has 0 saturated heterocycles. The van der Waals surface area contributed by atoms with Gasteiger partial charge in [-0.15, -0.1) is 0 Å². The molecule has 0 spiro atoms. The van der Waals surface area contributed by atoms with E-state index in [9.17, 15) is 0 Å². The first kappa shape index (κ1) is 10.5. The van der Waals surface area contributed by atoms with Gasteiger partial charge in [-0.2, -0.15) is 5.10 Å². The third kappa shape index (κ3) is 1.95. The molecule has 0 aliphatic heterocycles. The summed E-state index contributed by atoms with van der Waals surface area (Å²) in [5.41, 5.74) is 6.89. The Morgan fingerprint density at radius 2 is 2.35 bits per heavy atom. The fourth-order valence-electron chi connectivity index (χ4n) is 2.01. The van der Waals surface area contributed by atoms with Gasteiger partial charge in [-0.05, 0) is 18.8 Å². The first-order valence-electron chi connectivity index (χ1n) is 5.88. The van der Waals surface area contributed by atoms with Gasteiger partial charge in [-0.25, -0.2) is 9.97 Å². The van der Waals surface area contributed by atoms with E-state index in [1.165, 1.54) is 12.8 Å². The molecule has 1 unspecified atom stereocenters. The van der Waals surface area contributed by atoms with Gasteiger partial charge in [0.1, 0.15) is 12.1 Å². The lowest BCUT2D eigenvalue weighted by molar-refractivity contribution is 0.620. The first-order valence-corrected chi connectivity index (χ1v) is 5.88. The molecule has 2 aromatic rings. The molecule has 1 atom stereocenters. The van der Waals surface area contributed by atoms with E-state index >= 15 is 0 Å². The standard InChI is InChI=1S/C11H16N6/c1-17-11-8(4-16-17)10(14-6-15-11)13-5-9(12)7-2-3-7/h4,6-7,9H,2-3,5,12H2,1H3,(H,13,14,15). The van der Waals surface area contributed by atoms with Gasteiger partial charge in [0.05, 0.1) is 11.6 Å². The van der Waals surface area contributed by atoms with Crippen molar-refractivity contribution in [1.29, 1.82) is 0 Å². The minimum Gasteiger partial charge on any atom is -0.368 e. The Labute approximate surface area is 99.2 Å². The second kappa shape index (κ2) is 3.96. The lowest BCUT2D eigenvalue weighted by Crippen LogP contribution is -2.31. The molecule has 2 aromatic heterocycles. The quantitative estimate of drug-likeness (QED) is 0.802. The van der Waals surface area contributed by atoms with Crippen molar-refractivity contribution in [2.45, 2.75) is 18.9 Å². The predicted octanol–water partition coefficient (Wildman–Crippen LogP) is 0.513. The molecule has 0 bridgehead atoms. The van der Waals surface area contributed by atoms with Crippen molar-refractivity contribution in [3.05, 3.63) is 12.5 Å². The molecule has 0 amide bonds. The Morgan fingerprint density at radius 3 is 3.12 bits per heavy atom. The normalized spacial score (nSPS) is 17.3. The largest absolute Gasteiger partial charge is 0.368 e. The second-order valence-corrected chi connectivity index (χ2v) is 4.61. The Balaban J connectivity index is 1.79. The number of fused-ring (bicyclic) bond motifs is 1. The number of nitrogens with one attached hydrogen (secondary N) is 1. The van der Waals surface area contributed by atoms with E-state index in [2.05, 4.69) is 20.4 Å². The SMILES string of the molecule is Cn1ncc2c(NCC(N)C3CC3)ncnc21. The zero-order valence-corrected chi connectivity index (χ0v) is 9.80. The topological polar surface area (TPSA) is 81.7 Å². The summed E-state index contributed by atoms with van der Waals surface area (Å²) in [6, 6.07) is 0.219. The molecule has 90 valence electrons.